The number of aldehydes is 1. The van der Waals surface area contributed by atoms with Crippen LogP contribution in [0.25, 0.3) is 11.4 Å². The van der Waals surface area contributed by atoms with Gasteiger partial charge in [-0.05, 0) is 37.6 Å². The monoisotopic (exact) mass is 317 g/mol. The minimum Gasteiger partial charge on any atom is -0.444 e. The van der Waals surface area contributed by atoms with Gasteiger partial charge in [0.2, 0.25) is 5.82 Å². The van der Waals surface area contributed by atoms with E-state index in [1.54, 1.807) is 45.0 Å². The van der Waals surface area contributed by atoms with Crippen LogP contribution in [0.2, 0.25) is 0 Å². The van der Waals surface area contributed by atoms with Gasteiger partial charge < -0.3 is 9.53 Å². The Kier molecular flexibility index (Phi) is 4.73. The van der Waals surface area contributed by atoms with Crippen molar-refractivity contribution in [1.82, 2.24) is 25.5 Å². The van der Waals surface area contributed by atoms with Crippen LogP contribution in [0.4, 0.5) is 4.79 Å². The zero-order valence-electron chi connectivity index (χ0n) is 13.5. The van der Waals surface area contributed by atoms with E-state index in [1.807, 2.05) is 0 Å². The summed E-state index contributed by atoms with van der Waals surface area (Å²) in [5.41, 5.74) is 0.696. The molecule has 1 aromatic carbocycles. The lowest BCUT2D eigenvalue weighted by molar-refractivity contribution is -0.112. The van der Waals surface area contributed by atoms with Gasteiger partial charge in [-0.25, -0.2) is 4.79 Å². The van der Waals surface area contributed by atoms with Gasteiger partial charge in [0.05, 0.1) is 0 Å². The van der Waals surface area contributed by atoms with Gasteiger partial charge in [0.25, 0.3) is 0 Å². The number of carbonyl (C=O) groups excluding carboxylic acids is 2. The maximum atomic E-state index is 12.2. The van der Waals surface area contributed by atoms with E-state index >= 15 is 0 Å². The Morgan fingerprint density at radius 1 is 1.39 bits per heavy atom. The van der Waals surface area contributed by atoms with Crippen LogP contribution < -0.4 is 0 Å². The summed E-state index contributed by atoms with van der Waals surface area (Å²) in [4.78, 5) is 24.9. The van der Waals surface area contributed by atoms with E-state index in [-0.39, 0.29) is 0 Å². The normalized spacial score (nSPS) is 12.5. The van der Waals surface area contributed by atoms with Crippen LogP contribution in [-0.2, 0) is 9.53 Å². The third-order valence-corrected chi connectivity index (χ3v) is 3.06. The molecule has 0 saturated carbocycles. The van der Waals surface area contributed by atoms with E-state index in [4.69, 9.17) is 4.74 Å². The number of H-pyrrole nitrogens is 1. The van der Waals surface area contributed by atoms with Gasteiger partial charge in [-0.15, -0.1) is 10.2 Å². The first-order valence-corrected chi connectivity index (χ1v) is 7.06. The molecule has 1 heterocycles. The van der Waals surface area contributed by atoms with Crippen LogP contribution in [-0.4, -0.2) is 50.6 Å². The lowest BCUT2D eigenvalue weighted by Crippen LogP contribution is -2.37. The number of hydrogen-bond donors (Lipinski definition) is 1. The molecule has 0 aliphatic rings. The number of nitrogens with one attached hydrogen (secondary N) is 1. The van der Waals surface area contributed by atoms with Crippen molar-refractivity contribution in [3.8, 4) is 11.4 Å². The molecule has 0 saturated heterocycles. The molecule has 0 aliphatic carbocycles. The molecular formula is C15H19N5O3. The van der Waals surface area contributed by atoms with E-state index in [0.717, 1.165) is 0 Å². The van der Waals surface area contributed by atoms with Gasteiger partial charge >= 0.3 is 6.09 Å². The molecule has 2 aromatic rings. The van der Waals surface area contributed by atoms with Crippen molar-refractivity contribution in [2.45, 2.75) is 32.4 Å². The van der Waals surface area contributed by atoms with E-state index in [0.29, 0.717) is 23.2 Å². The lowest BCUT2D eigenvalue weighted by atomic mass is 10.0. The molecule has 0 spiro atoms. The van der Waals surface area contributed by atoms with Crippen molar-refractivity contribution in [2.75, 3.05) is 7.05 Å². The molecular weight excluding hydrogens is 298 g/mol. The standard InChI is InChI=1S/C15H19N5O3/c1-15(2,3)23-14(22)20(4)12(9-21)10-6-5-7-11(8-10)13-16-18-19-17-13/h5-9,12H,1-4H3,(H,16,17,18,19). The largest absolute Gasteiger partial charge is 0.444 e. The Morgan fingerprint density at radius 3 is 2.70 bits per heavy atom. The fourth-order valence-electron chi connectivity index (χ4n) is 1.99. The molecule has 8 nitrogen and oxygen atoms in total. The number of benzene rings is 1. The van der Waals surface area contributed by atoms with Crippen molar-refractivity contribution in [1.29, 1.82) is 0 Å². The summed E-state index contributed by atoms with van der Waals surface area (Å²) in [7, 11) is 1.52. The number of carbonyl (C=O) groups is 2. The molecule has 1 aromatic heterocycles. The molecule has 0 fully saturated rings. The number of ether oxygens (including phenoxy) is 1. The average molecular weight is 317 g/mol. The van der Waals surface area contributed by atoms with E-state index in [2.05, 4.69) is 20.6 Å². The Labute approximate surface area is 133 Å². The van der Waals surface area contributed by atoms with Gasteiger partial charge in [0, 0.05) is 12.6 Å². The van der Waals surface area contributed by atoms with Crippen LogP contribution in [0.5, 0.6) is 0 Å². The topological polar surface area (TPSA) is 101 Å². The zero-order chi connectivity index (χ0) is 17.0. The first-order valence-electron chi connectivity index (χ1n) is 7.06. The Morgan fingerprint density at radius 2 is 2.13 bits per heavy atom. The highest BCUT2D eigenvalue weighted by Gasteiger charge is 2.26. The highest BCUT2D eigenvalue weighted by atomic mass is 16.6. The van der Waals surface area contributed by atoms with Crippen molar-refractivity contribution in [3.63, 3.8) is 0 Å². The van der Waals surface area contributed by atoms with Gasteiger partial charge in [0.15, 0.2) is 0 Å². The van der Waals surface area contributed by atoms with E-state index < -0.39 is 17.7 Å². The van der Waals surface area contributed by atoms with Crippen LogP contribution in [0.1, 0.15) is 32.4 Å². The van der Waals surface area contributed by atoms with Crippen molar-refractivity contribution < 1.29 is 14.3 Å². The molecule has 1 amide bonds. The first-order chi connectivity index (χ1) is 10.8. The molecule has 23 heavy (non-hydrogen) atoms. The Bertz CT molecular complexity index is 679. The lowest BCUT2D eigenvalue weighted by Gasteiger charge is -2.28. The van der Waals surface area contributed by atoms with E-state index in [9.17, 15) is 9.59 Å². The number of rotatable bonds is 4. The van der Waals surface area contributed by atoms with Gasteiger partial charge in [0.1, 0.15) is 17.9 Å². The summed E-state index contributed by atoms with van der Waals surface area (Å²) in [6, 6.07) is 6.29. The number of amides is 1. The van der Waals surface area contributed by atoms with Crippen molar-refractivity contribution in [3.05, 3.63) is 29.8 Å². The molecule has 8 heteroatoms. The Hall–Kier alpha value is -2.77. The third-order valence-electron chi connectivity index (χ3n) is 3.06. The molecule has 0 bridgehead atoms. The average Bonchev–Trinajstić information content (AvgIpc) is 3.00. The summed E-state index contributed by atoms with van der Waals surface area (Å²) in [6.07, 6.45) is 0.124. The van der Waals surface area contributed by atoms with Gasteiger partial charge in [-0.2, -0.15) is 5.21 Å². The van der Waals surface area contributed by atoms with Crippen LogP contribution in [0.3, 0.4) is 0 Å². The SMILES string of the molecule is CN(C(=O)OC(C)(C)C)C(C=O)c1cccc(-c2nn[nH]n2)c1. The minimum absolute atomic E-state index is 0.413. The number of likely N-dealkylation sites (N-methyl/N-ethyl adjacent to an activating group) is 1. The molecule has 1 unspecified atom stereocenters. The van der Waals surface area contributed by atoms with Gasteiger partial charge in [-0.1, -0.05) is 18.2 Å². The molecule has 122 valence electrons. The highest BCUT2D eigenvalue weighted by molar-refractivity contribution is 5.75. The first kappa shape index (κ1) is 16.6. The predicted molar refractivity (Wildman–Crippen MR) is 82.4 cm³/mol. The maximum Gasteiger partial charge on any atom is 0.410 e. The molecule has 0 aliphatic heterocycles. The van der Waals surface area contributed by atoms with Crippen LogP contribution in [0.15, 0.2) is 24.3 Å². The number of hydrogen-bond acceptors (Lipinski definition) is 6. The summed E-state index contributed by atoms with van der Waals surface area (Å²) in [6.45, 7) is 5.31. The smallest absolute Gasteiger partial charge is 0.410 e. The second-order valence-corrected chi connectivity index (χ2v) is 6.03. The summed E-state index contributed by atoms with van der Waals surface area (Å²) < 4.78 is 5.29. The summed E-state index contributed by atoms with van der Waals surface area (Å²) >= 11 is 0. The molecule has 2 rings (SSSR count). The number of aromatic nitrogens is 4. The van der Waals surface area contributed by atoms with Crippen molar-refractivity contribution >= 4 is 12.4 Å². The van der Waals surface area contributed by atoms with Crippen LogP contribution >= 0.6 is 0 Å². The Balaban J connectivity index is 2.25. The fourth-order valence-corrected chi connectivity index (χ4v) is 1.99. The fraction of sp³-hybridized carbons (Fsp3) is 0.400. The third kappa shape index (κ3) is 4.12. The quantitative estimate of drug-likeness (QED) is 0.865. The highest BCUT2D eigenvalue weighted by Crippen LogP contribution is 2.23. The number of nitrogens with zero attached hydrogens (tertiary/aromatic N) is 4. The molecule has 1 atom stereocenters. The van der Waals surface area contributed by atoms with Crippen LogP contribution in [0, 0.1) is 0 Å². The van der Waals surface area contributed by atoms with Gasteiger partial charge in [-0.3, -0.25) is 4.90 Å². The molecule has 0 radical (unpaired) electrons. The number of tetrazole rings is 1. The summed E-state index contributed by atoms with van der Waals surface area (Å²) in [5, 5.41) is 13.7. The summed E-state index contributed by atoms with van der Waals surface area (Å²) in [5.74, 6) is 0.413. The minimum atomic E-state index is -0.767. The predicted octanol–water partition coefficient (Wildman–Crippen LogP) is 1.97. The number of aromatic amines is 1. The zero-order valence-corrected chi connectivity index (χ0v) is 13.5. The second kappa shape index (κ2) is 6.55. The maximum absolute atomic E-state index is 12.2. The molecule has 1 N–H and O–H groups in total. The van der Waals surface area contributed by atoms with E-state index in [1.165, 1.54) is 11.9 Å². The van der Waals surface area contributed by atoms with Crippen molar-refractivity contribution in [2.24, 2.45) is 0 Å². The second-order valence-electron chi connectivity index (χ2n) is 6.03.